The molecule has 2 unspecified atom stereocenters. The molecule has 1 aromatic rings. The largest absolute Gasteiger partial charge is 0.332 e. The highest BCUT2D eigenvalue weighted by Gasteiger charge is 2.21. The molecule has 0 aromatic carbocycles. The quantitative estimate of drug-likeness (QED) is 0.740. The molecule has 1 fully saturated rings. The van der Waals surface area contributed by atoms with Crippen LogP contribution in [0.1, 0.15) is 25.6 Å². The molecule has 0 saturated carbocycles. The lowest BCUT2D eigenvalue weighted by Gasteiger charge is -2.27. The molecule has 0 spiro atoms. The molecule has 1 saturated heterocycles. The van der Waals surface area contributed by atoms with Gasteiger partial charge in [0.2, 0.25) is 0 Å². The van der Waals surface area contributed by atoms with Crippen LogP contribution in [-0.2, 0) is 10.0 Å². The van der Waals surface area contributed by atoms with Crippen LogP contribution in [0.4, 0.5) is 0 Å². The van der Waals surface area contributed by atoms with E-state index in [0.717, 1.165) is 19.4 Å². The minimum Gasteiger partial charge on any atom is -0.332 e. The SMILES string of the molecule is Cc1ncc(S(=O)(=O)NCC2CCC(C)NC2)[nH]1. The van der Waals surface area contributed by atoms with E-state index in [1.54, 1.807) is 6.92 Å². The first-order chi connectivity index (χ1) is 8.47. The molecule has 1 aliphatic rings. The standard InChI is InChI=1S/C11H20N4O2S/c1-8-3-4-10(5-12-8)6-14-18(16,17)11-7-13-9(2)15-11/h7-8,10,12,14H,3-6H2,1-2H3,(H,13,15). The Kier molecular flexibility index (Phi) is 4.04. The summed E-state index contributed by atoms with van der Waals surface area (Å²) in [6.07, 6.45) is 3.49. The first kappa shape index (κ1) is 13.5. The second-order valence-electron chi connectivity index (χ2n) is 4.94. The van der Waals surface area contributed by atoms with Crippen molar-refractivity contribution in [2.45, 2.75) is 37.8 Å². The zero-order valence-electron chi connectivity index (χ0n) is 10.7. The highest BCUT2D eigenvalue weighted by atomic mass is 32.2. The smallest absolute Gasteiger partial charge is 0.257 e. The van der Waals surface area contributed by atoms with Gasteiger partial charge in [-0.1, -0.05) is 0 Å². The van der Waals surface area contributed by atoms with Gasteiger partial charge in [-0.2, -0.15) is 0 Å². The van der Waals surface area contributed by atoms with Crippen LogP contribution in [0.5, 0.6) is 0 Å². The summed E-state index contributed by atoms with van der Waals surface area (Å²) in [5.41, 5.74) is 0. The van der Waals surface area contributed by atoms with E-state index in [4.69, 9.17) is 0 Å². The molecule has 0 radical (unpaired) electrons. The Hall–Kier alpha value is -0.920. The van der Waals surface area contributed by atoms with Gasteiger partial charge in [0.25, 0.3) is 10.0 Å². The van der Waals surface area contributed by atoms with Crippen LogP contribution in [0.2, 0.25) is 0 Å². The van der Waals surface area contributed by atoms with E-state index in [-0.39, 0.29) is 5.03 Å². The summed E-state index contributed by atoms with van der Waals surface area (Å²) in [6.45, 7) is 5.21. The Bertz CT molecular complexity index is 489. The van der Waals surface area contributed by atoms with Crippen molar-refractivity contribution in [3.05, 3.63) is 12.0 Å². The average Bonchev–Trinajstić information content (AvgIpc) is 2.76. The van der Waals surface area contributed by atoms with Gasteiger partial charge in [-0.05, 0) is 39.2 Å². The molecule has 0 amide bonds. The lowest BCUT2D eigenvalue weighted by atomic mass is 9.96. The van der Waals surface area contributed by atoms with E-state index in [9.17, 15) is 8.42 Å². The van der Waals surface area contributed by atoms with Gasteiger partial charge in [0.15, 0.2) is 5.03 Å². The Labute approximate surface area is 108 Å². The fraction of sp³-hybridized carbons (Fsp3) is 0.727. The van der Waals surface area contributed by atoms with E-state index < -0.39 is 10.0 Å². The zero-order chi connectivity index (χ0) is 13.2. The van der Waals surface area contributed by atoms with Gasteiger partial charge in [0.05, 0.1) is 6.20 Å². The number of rotatable bonds is 4. The molecule has 2 atom stereocenters. The molecule has 2 rings (SSSR count). The minimum absolute atomic E-state index is 0.136. The van der Waals surface area contributed by atoms with Gasteiger partial charge in [-0.3, -0.25) is 0 Å². The number of hydrogen-bond donors (Lipinski definition) is 3. The van der Waals surface area contributed by atoms with Crippen LogP contribution < -0.4 is 10.0 Å². The Morgan fingerprint density at radius 1 is 1.50 bits per heavy atom. The predicted octanol–water partition coefficient (Wildman–Crippen LogP) is 0.385. The average molecular weight is 272 g/mol. The molecular weight excluding hydrogens is 252 g/mol. The maximum atomic E-state index is 11.9. The van der Waals surface area contributed by atoms with Crippen molar-refractivity contribution in [3.8, 4) is 0 Å². The molecule has 1 aromatic heterocycles. The van der Waals surface area contributed by atoms with Crippen molar-refractivity contribution < 1.29 is 8.42 Å². The fourth-order valence-corrected chi connectivity index (χ4v) is 3.16. The molecule has 2 heterocycles. The van der Waals surface area contributed by atoms with Gasteiger partial charge < -0.3 is 10.3 Å². The number of nitrogens with one attached hydrogen (secondary N) is 3. The lowest BCUT2D eigenvalue weighted by molar-refractivity contribution is 0.323. The highest BCUT2D eigenvalue weighted by Crippen LogP contribution is 2.14. The normalized spacial score (nSPS) is 25.2. The topological polar surface area (TPSA) is 86.9 Å². The molecule has 102 valence electrons. The third-order valence-corrected chi connectivity index (χ3v) is 4.63. The van der Waals surface area contributed by atoms with Crippen LogP contribution in [0.25, 0.3) is 0 Å². The monoisotopic (exact) mass is 272 g/mol. The maximum Gasteiger partial charge on any atom is 0.257 e. The predicted molar refractivity (Wildman–Crippen MR) is 68.7 cm³/mol. The molecule has 0 aliphatic carbocycles. The molecule has 18 heavy (non-hydrogen) atoms. The van der Waals surface area contributed by atoms with Gasteiger partial charge in [0.1, 0.15) is 5.82 Å². The Morgan fingerprint density at radius 2 is 2.28 bits per heavy atom. The van der Waals surface area contributed by atoms with E-state index in [2.05, 4.69) is 26.9 Å². The number of aromatic nitrogens is 2. The summed E-state index contributed by atoms with van der Waals surface area (Å²) < 4.78 is 26.5. The maximum absolute atomic E-state index is 11.9. The summed E-state index contributed by atoms with van der Waals surface area (Å²) >= 11 is 0. The molecule has 3 N–H and O–H groups in total. The second-order valence-corrected chi connectivity index (χ2v) is 6.67. The number of imidazole rings is 1. The highest BCUT2D eigenvalue weighted by molar-refractivity contribution is 7.89. The Morgan fingerprint density at radius 3 is 2.83 bits per heavy atom. The molecule has 0 bridgehead atoms. The van der Waals surface area contributed by atoms with Crippen LogP contribution in [0, 0.1) is 12.8 Å². The second kappa shape index (κ2) is 5.38. The van der Waals surface area contributed by atoms with Gasteiger partial charge in [-0.15, -0.1) is 0 Å². The summed E-state index contributed by atoms with van der Waals surface area (Å²) in [4.78, 5) is 6.63. The van der Waals surface area contributed by atoms with Crippen LogP contribution >= 0.6 is 0 Å². The summed E-state index contributed by atoms with van der Waals surface area (Å²) in [5.74, 6) is 0.962. The number of nitrogens with zero attached hydrogens (tertiary/aromatic N) is 1. The number of H-pyrrole nitrogens is 1. The van der Waals surface area contributed by atoms with E-state index in [1.165, 1.54) is 6.20 Å². The van der Waals surface area contributed by atoms with Gasteiger partial charge >= 0.3 is 0 Å². The fourth-order valence-electron chi connectivity index (χ4n) is 2.07. The molecule has 6 nitrogen and oxygen atoms in total. The first-order valence-electron chi connectivity index (χ1n) is 6.22. The number of piperidine rings is 1. The summed E-state index contributed by atoms with van der Waals surface area (Å²) in [7, 11) is -3.45. The van der Waals surface area contributed by atoms with Crippen LogP contribution in [-0.4, -0.2) is 37.5 Å². The van der Waals surface area contributed by atoms with Crippen LogP contribution in [0.3, 0.4) is 0 Å². The van der Waals surface area contributed by atoms with Crippen molar-refractivity contribution in [1.82, 2.24) is 20.0 Å². The number of hydrogen-bond acceptors (Lipinski definition) is 4. The van der Waals surface area contributed by atoms with Crippen LogP contribution in [0.15, 0.2) is 11.2 Å². The lowest BCUT2D eigenvalue weighted by Crippen LogP contribution is -2.41. The zero-order valence-corrected chi connectivity index (χ0v) is 11.5. The van der Waals surface area contributed by atoms with Crippen molar-refractivity contribution in [2.24, 2.45) is 5.92 Å². The molecule has 1 aliphatic heterocycles. The Balaban J connectivity index is 1.90. The third kappa shape index (κ3) is 3.30. The molecule has 7 heteroatoms. The van der Waals surface area contributed by atoms with Crippen molar-refractivity contribution in [2.75, 3.05) is 13.1 Å². The summed E-state index contributed by atoms with van der Waals surface area (Å²) in [5, 5.41) is 3.49. The van der Waals surface area contributed by atoms with E-state index >= 15 is 0 Å². The number of sulfonamides is 1. The minimum atomic E-state index is -3.45. The van der Waals surface area contributed by atoms with Gasteiger partial charge in [0, 0.05) is 12.6 Å². The van der Waals surface area contributed by atoms with Crippen molar-refractivity contribution >= 4 is 10.0 Å². The van der Waals surface area contributed by atoms with Crippen molar-refractivity contribution in [3.63, 3.8) is 0 Å². The first-order valence-corrected chi connectivity index (χ1v) is 7.70. The molecular formula is C11H20N4O2S. The number of aromatic amines is 1. The van der Waals surface area contributed by atoms with Gasteiger partial charge in [-0.25, -0.2) is 18.1 Å². The third-order valence-electron chi connectivity index (χ3n) is 3.29. The summed E-state index contributed by atoms with van der Waals surface area (Å²) in [6, 6.07) is 0.535. The van der Waals surface area contributed by atoms with E-state index in [1.807, 2.05) is 0 Å². The van der Waals surface area contributed by atoms with Crippen molar-refractivity contribution in [1.29, 1.82) is 0 Å². The number of aryl methyl sites for hydroxylation is 1. The van der Waals surface area contributed by atoms with E-state index in [0.29, 0.717) is 24.3 Å².